The fraction of sp³-hybridized carbons (Fsp3) is 0.600. The molecule has 0 aromatic heterocycles. The Labute approximate surface area is 106 Å². The highest BCUT2D eigenvalue weighted by atomic mass is 15.1. The summed E-state index contributed by atoms with van der Waals surface area (Å²) in [5.41, 5.74) is 7.90. The van der Waals surface area contributed by atoms with E-state index in [0.717, 1.165) is 24.7 Å². The van der Waals surface area contributed by atoms with Crippen LogP contribution < -0.4 is 5.73 Å². The van der Waals surface area contributed by atoms with Crippen molar-refractivity contribution in [3.8, 4) is 0 Å². The molecule has 1 aromatic carbocycles. The Hall–Kier alpha value is -1.02. The number of hydrogen-bond donors (Lipinski definition) is 1. The van der Waals surface area contributed by atoms with Crippen molar-refractivity contribution in [1.82, 2.24) is 4.90 Å². The molecule has 17 heavy (non-hydrogen) atoms. The lowest BCUT2D eigenvalue weighted by molar-refractivity contribution is 0.226. The van der Waals surface area contributed by atoms with E-state index in [1.165, 1.54) is 24.9 Å². The molecular formula is C15H26N2. The monoisotopic (exact) mass is 234 g/mol. The van der Waals surface area contributed by atoms with Crippen LogP contribution in [0, 0.1) is 5.92 Å². The summed E-state index contributed by atoms with van der Waals surface area (Å²) in [6, 6.07) is 8.23. The van der Waals surface area contributed by atoms with Crippen molar-refractivity contribution in [2.45, 2.75) is 40.2 Å². The molecule has 0 radical (unpaired) electrons. The second-order valence-electron chi connectivity index (χ2n) is 4.75. The normalized spacial score (nSPS) is 11.4. The average Bonchev–Trinajstić information content (AvgIpc) is 2.37. The molecule has 0 bridgehead atoms. The molecule has 0 spiro atoms. The smallest absolute Gasteiger partial charge is 0.0314 e. The van der Waals surface area contributed by atoms with Gasteiger partial charge in [-0.2, -0.15) is 0 Å². The number of nitrogens with zero attached hydrogens (tertiary/aromatic N) is 1. The summed E-state index contributed by atoms with van der Waals surface area (Å²) in [5, 5.41) is 0. The molecule has 2 N–H and O–H groups in total. The zero-order valence-corrected chi connectivity index (χ0v) is 11.4. The topological polar surface area (TPSA) is 29.3 Å². The quantitative estimate of drug-likeness (QED) is 0.731. The Balaban J connectivity index is 2.54. The standard InChI is InChI=1S/C15H26N2/c1-4-13(5-2)11-17(6-3)12-14-7-9-15(16)10-8-14/h7-10,13H,4-6,11-12,16H2,1-3H3. The SMILES string of the molecule is CCC(CC)CN(CC)Cc1ccc(N)cc1. The highest BCUT2D eigenvalue weighted by molar-refractivity contribution is 5.39. The lowest BCUT2D eigenvalue weighted by Gasteiger charge is -2.25. The number of benzene rings is 1. The van der Waals surface area contributed by atoms with Crippen LogP contribution in [0.15, 0.2) is 24.3 Å². The number of nitrogen functional groups attached to an aromatic ring is 1. The molecule has 96 valence electrons. The Bertz CT molecular complexity index is 301. The molecule has 2 nitrogen and oxygen atoms in total. The number of anilines is 1. The third-order valence-electron chi connectivity index (χ3n) is 3.50. The van der Waals surface area contributed by atoms with Gasteiger partial charge in [-0.25, -0.2) is 0 Å². The molecule has 1 aromatic rings. The highest BCUT2D eigenvalue weighted by Gasteiger charge is 2.10. The first-order valence-electron chi connectivity index (χ1n) is 6.76. The molecular weight excluding hydrogens is 208 g/mol. The van der Waals surface area contributed by atoms with Crippen LogP contribution in [-0.2, 0) is 6.54 Å². The Morgan fingerprint density at radius 1 is 1.06 bits per heavy atom. The summed E-state index contributed by atoms with van der Waals surface area (Å²) in [5.74, 6) is 0.823. The molecule has 0 aliphatic rings. The fourth-order valence-corrected chi connectivity index (χ4v) is 2.10. The van der Waals surface area contributed by atoms with Gasteiger partial charge in [0.1, 0.15) is 0 Å². The van der Waals surface area contributed by atoms with Crippen molar-refractivity contribution in [1.29, 1.82) is 0 Å². The molecule has 0 saturated heterocycles. The van der Waals surface area contributed by atoms with Crippen molar-refractivity contribution in [2.24, 2.45) is 5.92 Å². The van der Waals surface area contributed by atoms with Crippen LogP contribution in [0.5, 0.6) is 0 Å². The van der Waals surface area contributed by atoms with Crippen LogP contribution in [0.4, 0.5) is 5.69 Å². The number of rotatable bonds is 7. The fourth-order valence-electron chi connectivity index (χ4n) is 2.10. The van der Waals surface area contributed by atoms with Gasteiger partial charge in [0.25, 0.3) is 0 Å². The predicted octanol–water partition coefficient (Wildman–Crippen LogP) is 3.53. The number of hydrogen-bond acceptors (Lipinski definition) is 2. The maximum absolute atomic E-state index is 5.70. The van der Waals surface area contributed by atoms with Crippen molar-refractivity contribution < 1.29 is 0 Å². The van der Waals surface area contributed by atoms with Gasteiger partial charge in [0.2, 0.25) is 0 Å². The van der Waals surface area contributed by atoms with Gasteiger partial charge in [0.15, 0.2) is 0 Å². The zero-order chi connectivity index (χ0) is 12.7. The minimum atomic E-state index is 0.823. The van der Waals surface area contributed by atoms with Gasteiger partial charge in [-0.05, 0) is 30.2 Å². The van der Waals surface area contributed by atoms with E-state index in [4.69, 9.17) is 5.73 Å². The largest absolute Gasteiger partial charge is 0.399 e. The van der Waals surface area contributed by atoms with Gasteiger partial charge in [-0.1, -0.05) is 45.7 Å². The highest BCUT2D eigenvalue weighted by Crippen LogP contribution is 2.13. The second-order valence-corrected chi connectivity index (χ2v) is 4.75. The van der Waals surface area contributed by atoms with Crippen molar-refractivity contribution in [2.75, 3.05) is 18.8 Å². The summed E-state index contributed by atoms with van der Waals surface area (Å²) < 4.78 is 0. The molecule has 0 fully saturated rings. The molecule has 1 rings (SSSR count). The lowest BCUT2D eigenvalue weighted by Crippen LogP contribution is -2.28. The Morgan fingerprint density at radius 2 is 1.65 bits per heavy atom. The van der Waals surface area contributed by atoms with E-state index in [-0.39, 0.29) is 0 Å². The van der Waals surface area contributed by atoms with E-state index in [1.807, 2.05) is 12.1 Å². The number of nitrogens with two attached hydrogens (primary N) is 1. The van der Waals surface area contributed by atoms with Crippen molar-refractivity contribution in [3.63, 3.8) is 0 Å². The second kappa shape index (κ2) is 7.33. The predicted molar refractivity (Wildman–Crippen MR) is 75.9 cm³/mol. The van der Waals surface area contributed by atoms with Crippen LogP contribution in [0.2, 0.25) is 0 Å². The minimum absolute atomic E-state index is 0.823. The van der Waals surface area contributed by atoms with Gasteiger partial charge in [-0.15, -0.1) is 0 Å². The molecule has 0 aliphatic heterocycles. The van der Waals surface area contributed by atoms with Crippen LogP contribution >= 0.6 is 0 Å². The molecule has 0 atom stereocenters. The first kappa shape index (κ1) is 14.0. The maximum Gasteiger partial charge on any atom is 0.0314 e. The van der Waals surface area contributed by atoms with E-state index in [0.29, 0.717) is 0 Å². The summed E-state index contributed by atoms with van der Waals surface area (Å²) >= 11 is 0. The first-order valence-corrected chi connectivity index (χ1v) is 6.76. The van der Waals surface area contributed by atoms with E-state index < -0.39 is 0 Å². The summed E-state index contributed by atoms with van der Waals surface area (Å²) in [6.07, 6.45) is 2.55. The van der Waals surface area contributed by atoms with Gasteiger partial charge < -0.3 is 5.73 Å². The summed E-state index contributed by atoms with van der Waals surface area (Å²) in [6.45, 7) is 10.2. The zero-order valence-electron chi connectivity index (χ0n) is 11.4. The van der Waals surface area contributed by atoms with E-state index in [2.05, 4.69) is 37.8 Å². The molecule has 0 saturated carbocycles. The van der Waals surface area contributed by atoms with E-state index in [1.54, 1.807) is 0 Å². The van der Waals surface area contributed by atoms with Crippen LogP contribution in [-0.4, -0.2) is 18.0 Å². The third kappa shape index (κ3) is 4.78. The minimum Gasteiger partial charge on any atom is -0.399 e. The maximum atomic E-state index is 5.70. The van der Waals surface area contributed by atoms with E-state index in [9.17, 15) is 0 Å². The van der Waals surface area contributed by atoms with Crippen molar-refractivity contribution in [3.05, 3.63) is 29.8 Å². The van der Waals surface area contributed by atoms with Crippen LogP contribution in [0.25, 0.3) is 0 Å². The first-order chi connectivity index (χ1) is 8.19. The molecule has 0 unspecified atom stereocenters. The average molecular weight is 234 g/mol. The lowest BCUT2D eigenvalue weighted by atomic mass is 10.0. The van der Waals surface area contributed by atoms with E-state index >= 15 is 0 Å². The Morgan fingerprint density at radius 3 is 2.12 bits per heavy atom. The Kier molecular flexibility index (Phi) is 6.06. The van der Waals surface area contributed by atoms with Crippen LogP contribution in [0.1, 0.15) is 39.2 Å². The molecule has 0 aliphatic carbocycles. The van der Waals surface area contributed by atoms with Gasteiger partial charge in [0.05, 0.1) is 0 Å². The van der Waals surface area contributed by atoms with Gasteiger partial charge in [0, 0.05) is 18.8 Å². The summed E-state index contributed by atoms with van der Waals surface area (Å²) in [7, 11) is 0. The third-order valence-corrected chi connectivity index (χ3v) is 3.50. The molecule has 0 amide bonds. The molecule has 0 heterocycles. The summed E-state index contributed by atoms with van der Waals surface area (Å²) in [4.78, 5) is 2.52. The molecule has 2 heteroatoms. The van der Waals surface area contributed by atoms with Gasteiger partial charge >= 0.3 is 0 Å². The van der Waals surface area contributed by atoms with Gasteiger partial charge in [-0.3, -0.25) is 4.90 Å². The van der Waals surface area contributed by atoms with Crippen LogP contribution in [0.3, 0.4) is 0 Å². The van der Waals surface area contributed by atoms with Crippen molar-refractivity contribution >= 4 is 5.69 Å².